The number of likely N-dealkylation sites (tertiary alicyclic amines) is 1. The Kier molecular flexibility index (Phi) is 7.10. The van der Waals surface area contributed by atoms with Crippen LogP contribution >= 0.6 is 12.4 Å². The Bertz CT molecular complexity index is 242. The van der Waals surface area contributed by atoms with Gasteiger partial charge in [-0.2, -0.15) is 0 Å². The van der Waals surface area contributed by atoms with Gasteiger partial charge in [-0.3, -0.25) is 4.79 Å². The van der Waals surface area contributed by atoms with Gasteiger partial charge in [0.25, 0.3) is 0 Å². The van der Waals surface area contributed by atoms with Gasteiger partial charge in [-0.1, -0.05) is 20.8 Å². The molecule has 1 aliphatic heterocycles. The summed E-state index contributed by atoms with van der Waals surface area (Å²) in [5.41, 5.74) is 5.39. The first kappa shape index (κ1) is 16.7. The summed E-state index contributed by atoms with van der Waals surface area (Å²) in [6, 6.07) is 0. The molecule has 1 atom stereocenters. The lowest BCUT2D eigenvalue weighted by Crippen LogP contribution is -2.46. The summed E-state index contributed by atoms with van der Waals surface area (Å²) in [7, 11) is 0. The molecule has 0 aliphatic carbocycles. The van der Waals surface area contributed by atoms with E-state index < -0.39 is 0 Å². The van der Waals surface area contributed by atoms with Crippen LogP contribution in [0.2, 0.25) is 0 Å². The van der Waals surface area contributed by atoms with E-state index in [4.69, 9.17) is 5.73 Å². The van der Waals surface area contributed by atoms with Crippen LogP contribution in [-0.4, -0.2) is 30.4 Å². The van der Waals surface area contributed by atoms with E-state index in [-0.39, 0.29) is 17.8 Å². The predicted octanol–water partition coefficient (Wildman–Crippen LogP) is 2.43. The van der Waals surface area contributed by atoms with Crippen molar-refractivity contribution in [3.8, 4) is 0 Å². The minimum absolute atomic E-state index is 0. The number of rotatable bonds is 4. The summed E-state index contributed by atoms with van der Waals surface area (Å²) in [4.78, 5) is 14.3. The molecular formula is C13H27ClN2O. The van der Waals surface area contributed by atoms with Crippen molar-refractivity contribution in [2.45, 2.75) is 46.5 Å². The number of nitrogens with two attached hydrogens (primary N) is 1. The molecule has 1 unspecified atom stereocenters. The van der Waals surface area contributed by atoms with Gasteiger partial charge in [0.1, 0.15) is 0 Å². The molecule has 0 aromatic rings. The molecule has 1 amide bonds. The Morgan fingerprint density at radius 1 is 1.47 bits per heavy atom. The Balaban J connectivity index is 0.00000256. The highest BCUT2D eigenvalue weighted by Gasteiger charge is 2.32. The average molecular weight is 263 g/mol. The molecule has 0 saturated carbocycles. The van der Waals surface area contributed by atoms with Crippen molar-refractivity contribution in [1.82, 2.24) is 4.90 Å². The lowest BCUT2D eigenvalue weighted by molar-refractivity contribution is -0.142. The van der Waals surface area contributed by atoms with Crippen molar-refractivity contribution in [3.63, 3.8) is 0 Å². The third-order valence-electron chi connectivity index (χ3n) is 3.84. The number of nitrogens with zero attached hydrogens (tertiary/aromatic N) is 1. The molecule has 1 rings (SSSR count). The summed E-state index contributed by atoms with van der Waals surface area (Å²) in [6.45, 7) is 8.76. The van der Waals surface area contributed by atoms with E-state index in [1.54, 1.807) is 0 Å². The van der Waals surface area contributed by atoms with Gasteiger partial charge in [0, 0.05) is 18.5 Å². The van der Waals surface area contributed by atoms with Crippen LogP contribution in [0.15, 0.2) is 0 Å². The second-order valence-corrected chi connectivity index (χ2v) is 5.57. The maximum atomic E-state index is 12.3. The highest BCUT2D eigenvalue weighted by atomic mass is 35.5. The van der Waals surface area contributed by atoms with Crippen LogP contribution in [0.3, 0.4) is 0 Å². The fourth-order valence-electron chi connectivity index (χ4n) is 2.30. The fraction of sp³-hybridized carbons (Fsp3) is 0.923. The molecule has 1 heterocycles. The molecule has 1 saturated heterocycles. The predicted molar refractivity (Wildman–Crippen MR) is 74.3 cm³/mol. The summed E-state index contributed by atoms with van der Waals surface area (Å²) >= 11 is 0. The zero-order valence-electron chi connectivity index (χ0n) is 11.4. The number of halogens is 1. The van der Waals surface area contributed by atoms with Crippen LogP contribution in [0.25, 0.3) is 0 Å². The van der Waals surface area contributed by atoms with Gasteiger partial charge >= 0.3 is 0 Å². The van der Waals surface area contributed by atoms with Gasteiger partial charge in [-0.25, -0.2) is 0 Å². The van der Waals surface area contributed by atoms with Crippen molar-refractivity contribution in [2.24, 2.45) is 17.1 Å². The van der Waals surface area contributed by atoms with Crippen LogP contribution in [0.5, 0.6) is 0 Å². The number of carbonyl (C=O) groups excluding carboxylic acids is 1. The number of carbonyl (C=O) groups is 1. The quantitative estimate of drug-likeness (QED) is 0.846. The number of hydrogen-bond donors (Lipinski definition) is 1. The fourth-order valence-corrected chi connectivity index (χ4v) is 2.30. The van der Waals surface area contributed by atoms with Crippen LogP contribution in [0.1, 0.15) is 46.5 Å². The van der Waals surface area contributed by atoms with Crippen molar-refractivity contribution in [3.05, 3.63) is 0 Å². The lowest BCUT2D eigenvalue weighted by atomic mass is 9.86. The van der Waals surface area contributed by atoms with E-state index in [9.17, 15) is 4.79 Å². The van der Waals surface area contributed by atoms with E-state index in [1.165, 1.54) is 6.42 Å². The average Bonchev–Trinajstić information content (AvgIpc) is 2.29. The molecule has 0 aromatic carbocycles. The Morgan fingerprint density at radius 3 is 2.65 bits per heavy atom. The van der Waals surface area contributed by atoms with Crippen LogP contribution in [0, 0.1) is 11.3 Å². The minimum Gasteiger partial charge on any atom is -0.342 e. The first-order valence-corrected chi connectivity index (χ1v) is 6.50. The van der Waals surface area contributed by atoms with Crippen molar-refractivity contribution in [1.29, 1.82) is 0 Å². The third kappa shape index (κ3) is 4.47. The molecule has 1 aliphatic rings. The van der Waals surface area contributed by atoms with Crippen molar-refractivity contribution < 1.29 is 4.79 Å². The Morgan fingerprint density at radius 2 is 2.12 bits per heavy atom. The maximum absolute atomic E-state index is 12.3. The van der Waals surface area contributed by atoms with Gasteiger partial charge in [0.2, 0.25) is 5.91 Å². The first-order chi connectivity index (χ1) is 7.51. The zero-order valence-corrected chi connectivity index (χ0v) is 12.2. The molecule has 2 N–H and O–H groups in total. The monoisotopic (exact) mass is 262 g/mol. The molecule has 0 aromatic heterocycles. The highest BCUT2D eigenvalue weighted by Crippen LogP contribution is 2.27. The Hall–Kier alpha value is -0.280. The molecule has 3 nitrogen and oxygen atoms in total. The van der Waals surface area contributed by atoms with E-state index in [0.717, 1.165) is 38.9 Å². The van der Waals surface area contributed by atoms with Gasteiger partial charge < -0.3 is 10.6 Å². The lowest BCUT2D eigenvalue weighted by Gasteiger charge is -2.37. The van der Waals surface area contributed by atoms with E-state index in [2.05, 4.69) is 6.92 Å². The van der Waals surface area contributed by atoms with Gasteiger partial charge in [-0.05, 0) is 38.1 Å². The molecule has 0 spiro atoms. The van der Waals surface area contributed by atoms with Gasteiger partial charge in [-0.15, -0.1) is 12.4 Å². The molecule has 1 fully saturated rings. The molecule has 0 radical (unpaired) electrons. The van der Waals surface area contributed by atoms with Crippen LogP contribution in [-0.2, 0) is 4.79 Å². The Labute approximate surface area is 112 Å². The highest BCUT2D eigenvalue weighted by molar-refractivity contribution is 5.85. The SMILES string of the molecule is CCC(C)(C)C(=O)N1CCCC(CCN)C1.Cl. The summed E-state index contributed by atoms with van der Waals surface area (Å²) < 4.78 is 0. The van der Waals surface area contributed by atoms with Crippen molar-refractivity contribution in [2.75, 3.05) is 19.6 Å². The smallest absolute Gasteiger partial charge is 0.228 e. The topological polar surface area (TPSA) is 46.3 Å². The second-order valence-electron chi connectivity index (χ2n) is 5.57. The van der Waals surface area contributed by atoms with Crippen LogP contribution < -0.4 is 5.73 Å². The van der Waals surface area contributed by atoms with E-state index >= 15 is 0 Å². The third-order valence-corrected chi connectivity index (χ3v) is 3.84. The normalized spacial score (nSPS) is 20.9. The summed E-state index contributed by atoms with van der Waals surface area (Å²) in [6.07, 6.45) is 4.32. The second kappa shape index (κ2) is 7.22. The summed E-state index contributed by atoms with van der Waals surface area (Å²) in [5, 5.41) is 0. The first-order valence-electron chi connectivity index (χ1n) is 6.50. The maximum Gasteiger partial charge on any atom is 0.228 e. The molecule has 0 bridgehead atoms. The van der Waals surface area contributed by atoms with E-state index in [1.807, 2.05) is 18.7 Å². The van der Waals surface area contributed by atoms with Gasteiger partial charge in [0.05, 0.1) is 0 Å². The molecule has 102 valence electrons. The number of amides is 1. The summed E-state index contributed by atoms with van der Waals surface area (Å²) in [5.74, 6) is 0.937. The standard InChI is InChI=1S/C13H26N2O.ClH/c1-4-13(2,3)12(16)15-9-5-6-11(10-15)7-8-14;/h11H,4-10,14H2,1-3H3;1H. The molecular weight excluding hydrogens is 236 g/mol. The number of piperidine rings is 1. The molecule has 4 heteroatoms. The van der Waals surface area contributed by atoms with Crippen LogP contribution in [0.4, 0.5) is 0 Å². The van der Waals surface area contributed by atoms with E-state index in [0.29, 0.717) is 11.8 Å². The zero-order chi connectivity index (χ0) is 12.2. The molecule has 17 heavy (non-hydrogen) atoms. The minimum atomic E-state index is -0.204. The van der Waals surface area contributed by atoms with Crippen molar-refractivity contribution >= 4 is 18.3 Å². The van der Waals surface area contributed by atoms with Gasteiger partial charge in [0.15, 0.2) is 0 Å². The number of hydrogen-bond acceptors (Lipinski definition) is 2. The largest absolute Gasteiger partial charge is 0.342 e.